The highest BCUT2D eigenvalue weighted by Crippen LogP contribution is 2.42. The van der Waals surface area contributed by atoms with Crippen LogP contribution in [-0.2, 0) is 9.53 Å². The molecule has 0 radical (unpaired) electrons. The number of urea groups is 1. The Bertz CT molecular complexity index is 408. The van der Waals surface area contributed by atoms with Gasteiger partial charge < -0.3 is 20.1 Å². The minimum atomic E-state index is -0.856. The van der Waals surface area contributed by atoms with E-state index in [9.17, 15) is 14.7 Å². The van der Waals surface area contributed by atoms with Gasteiger partial charge in [-0.3, -0.25) is 0 Å². The number of carboxylic acid groups (broad SMARTS) is 1. The number of nitrogens with one attached hydrogen (secondary N) is 1. The second kappa shape index (κ2) is 6.22. The summed E-state index contributed by atoms with van der Waals surface area (Å²) in [7, 11) is 0. The second-order valence-electron chi connectivity index (χ2n) is 6.53. The first-order chi connectivity index (χ1) is 10.2. The van der Waals surface area contributed by atoms with E-state index in [4.69, 9.17) is 4.74 Å². The van der Waals surface area contributed by atoms with Gasteiger partial charge in [-0.15, -0.1) is 0 Å². The van der Waals surface area contributed by atoms with Gasteiger partial charge in [0.25, 0.3) is 0 Å². The summed E-state index contributed by atoms with van der Waals surface area (Å²) >= 11 is 0. The zero-order valence-electron chi connectivity index (χ0n) is 12.3. The molecule has 3 unspecified atom stereocenters. The molecule has 118 valence electrons. The molecule has 0 spiro atoms. The van der Waals surface area contributed by atoms with Gasteiger partial charge in [0, 0.05) is 26.3 Å². The summed E-state index contributed by atoms with van der Waals surface area (Å²) < 4.78 is 5.30. The summed E-state index contributed by atoms with van der Waals surface area (Å²) in [5.74, 6) is 0.120. The van der Waals surface area contributed by atoms with Crippen molar-refractivity contribution in [1.82, 2.24) is 10.2 Å². The van der Waals surface area contributed by atoms with Gasteiger partial charge in [-0.1, -0.05) is 6.42 Å². The number of fused-ring (bicyclic) bond motifs is 1. The van der Waals surface area contributed by atoms with Gasteiger partial charge in [0.05, 0.1) is 0 Å². The van der Waals surface area contributed by atoms with Crippen LogP contribution in [0.15, 0.2) is 0 Å². The van der Waals surface area contributed by atoms with Crippen LogP contribution in [0.1, 0.15) is 32.1 Å². The minimum absolute atomic E-state index is 0.149. The molecule has 2 aliphatic heterocycles. The van der Waals surface area contributed by atoms with E-state index in [1.807, 2.05) is 0 Å². The van der Waals surface area contributed by atoms with Crippen LogP contribution >= 0.6 is 0 Å². The zero-order valence-corrected chi connectivity index (χ0v) is 12.3. The molecule has 2 N–H and O–H groups in total. The highest BCUT2D eigenvalue weighted by atomic mass is 16.5. The zero-order chi connectivity index (χ0) is 14.8. The lowest BCUT2D eigenvalue weighted by atomic mass is 9.94. The Labute approximate surface area is 124 Å². The number of rotatable bonds is 3. The third-order valence-electron chi connectivity index (χ3n) is 5.29. The van der Waals surface area contributed by atoms with Crippen molar-refractivity contribution in [2.45, 2.75) is 38.1 Å². The number of aliphatic carboxylic acids is 1. The highest BCUT2D eigenvalue weighted by molar-refractivity contribution is 5.83. The Balaban J connectivity index is 1.57. The molecule has 3 aliphatic rings. The van der Waals surface area contributed by atoms with E-state index in [1.165, 1.54) is 0 Å². The van der Waals surface area contributed by atoms with Crippen molar-refractivity contribution in [3.05, 3.63) is 0 Å². The van der Waals surface area contributed by atoms with E-state index in [1.54, 1.807) is 4.90 Å². The summed E-state index contributed by atoms with van der Waals surface area (Å²) in [5, 5.41) is 12.4. The standard InChI is InChI=1S/C15H24N2O4/c18-14(19)13-12-3-1-2-11(12)9-17(13)15(20)16-8-10-4-6-21-7-5-10/h10-13H,1-9H2,(H,16,20)(H,18,19). The average Bonchev–Trinajstić information content (AvgIpc) is 3.05. The van der Waals surface area contributed by atoms with E-state index in [0.29, 0.717) is 24.9 Å². The van der Waals surface area contributed by atoms with Crippen LogP contribution in [0.25, 0.3) is 0 Å². The van der Waals surface area contributed by atoms with Crippen LogP contribution in [0.3, 0.4) is 0 Å². The fraction of sp³-hybridized carbons (Fsp3) is 0.867. The lowest BCUT2D eigenvalue weighted by Gasteiger charge is -2.27. The Hall–Kier alpha value is -1.30. The third kappa shape index (κ3) is 3.00. The van der Waals surface area contributed by atoms with Crippen molar-refractivity contribution in [3.8, 4) is 0 Å². The maximum atomic E-state index is 12.4. The number of ether oxygens (including phenoxy) is 1. The fourth-order valence-corrected chi connectivity index (χ4v) is 4.11. The van der Waals surface area contributed by atoms with Gasteiger partial charge in [0.15, 0.2) is 0 Å². The van der Waals surface area contributed by atoms with Crippen molar-refractivity contribution in [2.24, 2.45) is 17.8 Å². The molecule has 3 rings (SSSR count). The topological polar surface area (TPSA) is 78.9 Å². The number of carbonyl (C=O) groups excluding carboxylic acids is 1. The molecule has 2 saturated heterocycles. The van der Waals surface area contributed by atoms with E-state index < -0.39 is 12.0 Å². The smallest absolute Gasteiger partial charge is 0.326 e. The Morgan fingerprint density at radius 3 is 2.67 bits per heavy atom. The lowest BCUT2D eigenvalue weighted by molar-refractivity contribution is -0.142. The molecule has 0 aromatic carbocycles. The van der Waals surface area contributed by atoms with Gasteiger partial charge in [-0.05, 0) is 43.4 Å². The number of amides is 2. The molecule has 0 aromatic rings. The minimum Gasteiger partial charge on any atom is -0.480 e. The van der Waals surface area contributed by atoms with Gasteiger partial charge in [0.1, 0.15) is 6.04 Å². The molecule has 1 saturated carbocycles. The molecule has 6 nitrogen and oxygen atoms in total. The Morgan fingerprint density at radius 1 is 1.19 bits per heavy atom. The van der Waals surface area contributed by atoms with E-state index >= 15 is 0 Å². The summed E-state index contributed by atoms with van der Waals surface area (Å²) in [6.07, 6.45) is 5.02. The monoisotopic (exact) mass is 296 g/mol. The molecular formula is C15H24N2O4. The van der Waals surface area contributed by atoms with Crippen LogP contribution in [-0.4, -0.2) is 54.4 Å². The molecule has 3 atom stereocenters. The highest BCUT2D eigenvalue weighted by Gasteiger charge is 2.49. The molecule has 21 heavy (non-hydrogen) atoms. The predicted octanol–water partition coefficient (Wildman–Crippen LogP) is 1.31. The second-order valence-corrected chi connectivity index (χ2v) is 6.53. The lowest BCUT2D eigenvalue weighted by Crippen LogP contribution is -2.49. The molecule has 6 heteroatoms. The fourth-order valence-electron chi connectivity index (χ4n) is 4.11. The molecule has 3 fully saturated rings. The van der Waals surface area contributed by atoms with E-state index in [2.05, 4.69) is 5.32 Å². The van der Waals surface area contributed by atoms with Crippen LogP contribution in [0, 0.1) is 17.8 Å². The number of hydrogen-bond acceptors (Lipinski definition) is 3. The van der Waals surface area contributed by atoms with Crippen LogP contribution < -0.4 is 5.32 Å². The summed E-state index contributed by atoms with van der Waals surface area (Å²) in [5.41, 5.74) is 0. The van der Waals surface area contributed by atoms with Crippen molar-refractivity contribution >= 4 is 12.0 Å². The van der Waals surface area contributed by atoms with E-state index in [0.717, 1.165) is 45.3 Å². The maximum absolute atomic E-state index is 12.4. The number of nitrogens with zero attached hydrogens (tertiary/aromatic N) is 1. The van der Waals surface area contributed by atoms with Crippen LogP contribution in [0.5, 0.6) is 0 Å². The quantitative estimate of drug-likeness (QED) is 0.823. The summed E-state index contributed by atoms with van der Waals surface area (Å²) in [6.45, 7) is 2.74. The first-order valence-electron chi connectivity index (χ1n) is 8.02. The Morgan fingerprint density at radius 2 is 1.95 bits per heavy atom. The molecule has 2 amide bonds. The molecule has 0 bridgehead atoms. The van der Waals surface area contributed by atoms with E-state index in [-0.39, 0.29) is 11.9 Å². The third-order valence-corrected chi connectivity index (χ3v) is 5.29. The van der Waals surface area contributed by atoms with Gasteiger partial charge in [-0.2, -0.15) is 0 Å². The van der Waals surface area contributed by atoms with Crippen molar-refractivity contribution in [3.63, 3.8) is 0 Å². The Kier molecular flexibility index (Phi) is 4.33. The largest absolute Gasteiger partial charge is 0.480 e. The maximum Gasteiger partial charge on any atom is 0.326 e. The summed E-state index contributed by atoms with van der Waals surface area (Å²) in [6, 6.07) is -0.838. The average molecular weight is 296 g/mol. The normalized spacial score (nSPS) is 33.0. The number of hydrogen-bond donors (Lipinski definition) is 2. The molecule has 1 aliphatic carbocycles. The molecule has 2 heterocycles. The van der Waals surface area contributed by atoms with Crippen LogP contribution in [0.2, 0.25) is 0 Å². The van der Waals surface area contributed by atoms with Crippen molar-refractivity contribution < 1.29 is 19.4 Å². The summed E-state index contributed by atoms with van der Waals surface area (Å²) in [4.78, 5) is 25.4. The van der Waals surface area contributed by atoms with Crippen LogP contribution in [0.4, 0.5) is 4.79 Å². The predicted molar refractivity (Wildman–Crippen MR) is 75.9 cm³/mol. The van der Waals surface area contributed by atoms with Gasteiger partial charge in [-0.25, -0.2) is 9.59 Å². The van der Waals surface area contributed by atoms with Gasteiger partial charge >= 0.3 is 12.0 Å². The molecular weight excluding hydrogens is 272 g/mol. The SMILES string of the molecule is O=C(O)C1C2CCCC2CN1C(=O)NCC1CCOCC1. The first kappa shape index (κ1) is 14.6. The first-order valence-corrected chi connectivity index (χ1v) is 8.02. The number of likely N-dealkylation sites (tertiary alicyclic amines) is 1. The van der Waals surface area contributed by atoms with Gasteiger partial charge in [0.2, 0.25) is 0 Å². The van der Waals surface area contributed by atoms with Crippen molar-refractivity contribution in [1.29, 1.82) is 0 Å². The molecule has 0 aromatic heterocycles. The number of carbonyl (C=O) groups is 2. The number of carboxylic acids is 1. The van der Waals surface area contributed by atoms with Crippen molar-refractivity contribution in [2.75, 3.05) is 26.3 Å².